The maximum atomic E-state index is 12.3. The average molecular weight is 269 g/mol. The Hall–Kier alpha value is -2.15. The third-order valence-corrected chi connectivity index (χ3v) is 2.42. The van der Waals surface area contributed by atoms with Crippen LogP contribution in [0.3, 0.4) is 0 Å². The van der Waals surface area contributed by atoms with Crippen molar-refractivity contribution in [3.05, 3.63) is 54.1 Å². The summed E-state index contributed by atoms with van der Waals surface area (Å²) in [7, 11) is 0. The van der Waals surface area contributed by atoms with Gasteiger partial charge in [-0.15, -0.1) is 13.2 Å². The summed E-state index contributed by atoms with van der Waals surface area (Å²) in [6.07, 6.45) is -0.554. The van der Waals surface area contributed by atoms with E-state index >= 15 is 0 Å². The van der Waals surface area contributed by atoms with Crippen molar-refractivity contribution >= 4 is 0 Å². The Bertz CT molecular complexity index is 545. The lowest BCUT2D eigenvalue weighted by atomic mass is 10.0. The smallest absolute Gasteiger partial charge is 0.405 e. The highest BCUT2D eigenvalue weighted by Gasteiger charge is 2.32. The van der Waals surface area contributed by atoms with Crippen LogP contribution in [0.25, 0.3) is 0 Å². The second-order valence-corrected chi connectivity index (χ2v) is 3.74. The summed E-state index contributed by atoms with van der Waals surface area (Å²) in [5, 5.41) is 0. The van der Waals surface area contributed by atoms with Gasteiger partial charge in [0.1, 0.15) is 12.1 Å². The van der Waals surface area contributed by atoms with Crippen molar-refractivity contribution in [2.45, 2.75) is 12.4 Å². The number of aromatic nitrogens is 2. The molecule has 0 amide bonds. The molecule has 2 rings (SSSR count). The van der Waals surface area contributed by atoms with Gasteiger partial charge in [-0.05, 0) is 6.07 Å². The molecule has 0 saturated carbocycles. The van der Waals surface area contributed by atoms with E-state index < -0.39 is 12.4 Å². The second-order valence-electron chi connectivity index (χ2n) is 3.74. The van der Waals surface area contributed by atoms with Gasteiger partial charge in [0.2, 0.25) is 0 Å². The predicted molar refractivity (Wildman–Crippen MR) is 61.2 cm³/mol. The van der Waals surface area contributed by atoms with E-state index in [0.29, 0.717) is 5.56 Å². The Kier molecular flexibility index (Phi) is 3.66. The van der Waals surface area contributed by atoms with Crippen LogP contribution < -0.4 is 10.5 Å². The normalized spacial score (nSPS) is 13.1. The molecule has 0 spiro atoms. The monoisotopic (exact) mass is 269 g/mol. The van der Waals surface area contributed by atoms with Crippen LogP contribution in [0.1, 0.15) is 17.2 Å². The minimum absolute atomic E-state index is 0.217. The molecule has 1 unspecified atom stereocenters. The van der Waals surface area contributed by atoms with Crippen LogP contribution >= 0.6 is 0 Å². The van der Waals surface area contributed by atoms with E-state index in [4.69, 9.17) is 5.73 Å². The van der Waals surface area contributed by atoms with E-state index in [1.54, 1.807) is 6.07 Å². The molecule has 0 aliphatic carbocycles. The number of para-hydroxylation sites is 1. The Morgan fingerprint density at radius 1 is 1.11 bits per heavy atom. The van der Waals surface area contributed by atoms with E-state index in [-0.39, 0.29) is 11.3 Å². The van der Waals surface area contributed by atoms with Gasteiger partial charge < -0.3 is 10.5 Å². The molecule has 1 atom stereocenters. The first kappa shape index (κ1) is 13.3. The number of nitrogens with two attached hydrogens (primary N) is 1. The number of nitrogens with zero attached hydrogens (tertiary/aromatic N) is 2. The molecular formula is C12H10F3N3O. The topological polar surface area (TPSA) is 61.0 Å². The molecule has 1 aromatic heterocycles. The van der Waals surface area contributed by atoms with Gasteiger partial charge in [0.25, 0.3) is 0 Å². The third kappa shape index (κ3) is 3.41. The molecule has 2 aromatic rings. The molecule has 0 fully saturated rings. The number of benzene rings is 1. The number of ether oxygens (including phenoxy) is 1. The van der Waals surface area contributed by atoms with Gasteiger partial charge in [-0.2, -0.15) is 0 Å². The van der Waals surface area contributed by atoms with Gasteiger partial charge in [0, 0.05) is 23.5 Å². The number of rotatable bonds is 3. The zero-order valence-corrected chi connectivity index (χ0v) is 9.63. The summed E-state index contributed by atoms with van der Waals surface area (Å²) in [5.41, 5.74) is 6.63. The van der Waals surface area contributed by atoms with Crippen LogP contribution in [0.5, 0.6) is 5.75 Å². The van der Waals surface area contributed by atoms with Crippen LogP contribution in [-0.2, 0) is 0 Å². The van der Waals surface area contributed by atoms with Crippen LogP contribution in [0.15, 0.2) is 43.0 Å². The summed E-state index contributed by atoms with van der Waals surface area (Å²) in [6.45, 7) is 0. The molecule has 7 heteroatoms. The summed E-state index contributed by atoms with van der Waals surface area (Å²) >= 11 is 0. The highest BCUT2D eigenvalue weighted by molar-refractivity contribution is 5.40. The van der Waals surface area contributed by atoms with Crippen LogP contribution in [0.4, 0.5) is 13.2 Å². The molecule has 2 N–H and O–H groups in total. The fourth-order valence-corrected chi connectivity index (χ4v) is 1.61. The Balaban J connectivity index is 2.35. The first-order valence-electron chi connectivity index (χ1n) is 5.32. The summed E-state index contributed by atoms with van der Waals surface area (Å²) in [4.78, 5) is 7.56. The number of halogens is 3. The van der Waals surface area contributed by atoms with E-state index in [2.05, 4.69) is 14.7 Å². The van der Waals surface area contributed by atoms with Crippen molar-refractivity contribution in [2.24, 2.45) is 5.73 Å². The standard InChI is InChI=1S/C12H10F3N3O/c13-12(14,15)19-10-4-2-1-3-9(10)11(16)8-5-17-7-18-6-8/h1-7,11H,16H2. The molecule has 19 heavy (non-hydrogen) atoms. The van der Waals surface area contributed by atoms with Crippen LogP contribution in [0.2, 0.25) is 0 Å². The minimum Gasteiger partial charge on any atom is -0.405 e. The Labute approximate surface area is 107 Å². The van der Waals surface area contributed by atoms with Gasteiger partial charge in [-0.25, -0.2) is 9.97 Å². The lowest BCUT2D eigenvalue weighted by Crippen LogP contribution is -2.20. The predicted octanol–water partition coefficient (Wildman–Crippen LogP) is 2.42. The quantitative estimate of drug-likeness (QED) is 0.929. The molecule has 4 nitrogen and oxygen atoms in total. The van der Waals surface area contributed by atoms with E-state index in [9.17, 15) is 13.2 Å². The summed E-state index contributed by atoms with van der Waals surface area (Å²) < 4.78 is 40.9. The number of hydrogen-bond acceptors (Lipinski definition) is 4. The highest BCUT2D eigenvalue weighted by Crippen LogP contribution is 2.31. The van der Waals surface area contributed by atoms with Crippen LogP contribution in [0, 0.1) is 0 Å². The maximum absolute atomic E-state index is 12.3. The fraction of sp³-hybridized carbons (Fsp3) is 0.167. The van der Waals surface area contributed by atoms with E-state index in [1.807, 2.05) is 0 Å². The lowest BCUT2D eigenvalue weighted by Gasteiger charge is -2.17. The summed E-state index contributed by atoms with van der Waals surface area (Å²) in [6, 6.07) is 4.92. The molecule has 1 aromatic carbocycles. The average Bonchev–Trinajstić information content (AvgIpc) is 2.38. The number of hydrogen-bond donors (Lipinski definition) is 1. The molecule has 0 radical (unpaired) electrons. The van der Waals surface area contributed by atoms with E-state index in [1.165, 1.54) is 36.9 Å². The molecule has 0 aliphatic heterocycles. The van der Waals surface area contributed by atoms with Crippen molar-refractivity contribution < 1.29 is 17.9 Å². The Morgan fingerprint density at radius 2 is 1.74 bits per heavy atom. The molecular weight excluding hydrogens is 259 g/mol. The van der Waals surface area contributed by atoms with Crippen LogP contribution in [-0.4, -0.2) is 16.3 Å². The largest absolute Gasteiger partial charge is 0.573 e. The SMILES string of the molecule is NC(c1cncnc1)c1ccccc1OC(F)(F)F. The second kappa shape index (κ2) is 5.23. The van der Waals surface area contributed by atoms with Crippen molar-refractivity contribution in [1.29, 1.82) is 0 Å². The van der Waals surface area contributed by atoms with Crippen molar-refractivity contribution in [3.63, 3.8) is 0 Å². The number of alkyl halides is 3. The zero-order valence-electron chi connectivity index (χ0n) is 9.63. The van der Waals surface area contributed by atoms with Crippen molar-refractivity contribution in [2.75, 3.05) is 0 Å². The van der Waals surface area contributed by atoms with E-state index in [0.717, 1.165) is 0 Å². The maximum Gasteiger partial charge on any atom is 0.573 e. The fourth-order valence-electron chi connectivity index (χ4n) is 1.61. The molecule has 0 bridgehead atoms. The third-order valence-electron chi connectivity index (χ3n) is 2.42. The first-order chi connectivity index (χ1) is 8.97. The molecule has 0 aliphatic rings. The van der Waals surface area contributed by atoms with Gasteiger partial charge in [-0.3, -0.25) is 0 Å². The van der Waals surface area contributed by atoms with Gasteiger partial charge in [0.15, 0.2) is 0 Å². The molecule has 1 heterocycles. The summed E-state index contributed by atoms with van der Waals surface area (Å²) in [5.74, 6) is -0.327. The van der Waals surface area contributed by atoms with Gasteiger partial charge in [-0.1, -0.05) is 18.2 Å². The minimum atomic E-state index is -4.76. The van der Waals surface area contributed by atoms with Crippen molar-refractivity contribution in [3.8, 4) is 5.75 Å². The lowest BCUT2D eigenvalue weighted by molar-refractivity contribution is -0.274. The zero-order chi connectivity index (χ0) is 13.9. The first-order valence-corrected chi connectivity index (χ1v) is 5.32. The van der Waals surface area contributed by atoms with Gasteiger partial charge >= 0.3 is 6.36 Å². The van der Waals surface area contributed by atoms with Crippen molar-refractivity contribution in [1.82, 2.24) is 9.97 Å². The molecule has 0 saturated heterocycles. The Morgan fingerprint density at radius 3 is 2.37 bits per heavy atom. The highest BCUT2D eigenvalue weighted by atomic mass is 19.4. The molecule has 100 valence electrons. The van der Waals surface area contributed by atoms with Gasteiger partial charge in [0.05, 0.1) is 6.04 Å².